The number of ether oxygens (including phenoxy) is 1. The zero-order chi connectivity index (χ0) is 27.6. The number of rotatable bonds is 8. The van der Waals surface area contributed by atoms with Crippen LogP contribution in [0.4, 0.5) is 0 Å². The van der Waals surface area contributed by atoms with Gasteiger partial charge in [0, 0.05) is 41.7 Å². The molecule has 2 atom stereocenters. The molecule has 1 fully saturated rings. The van der Waals surface area contributed by atoms with Gasteiger partial charge in [0.05, 0.1) is 24.9 Å². The third-order valence-electron chi connectivity index (χ3n) is 8.21. The Balaban J connectivity index is 1.34. The number of hydrogen-bond donors (Lipinski definition) is 2. The number of carbonyl (C=O) groups is 2. The van der Waals surface area contributed by atoms with Crippen molar-refractivity contribution in [2.24, 2.45) is 0 Å². The standard InChI is InChI=1S/C33H36N4O3/c1-22-12-14-24(15-13-22)30-29(27-10-5-6-11-28(27)35-30)31-25-8-3-4-9-26(25)33(39)37(31)23(2)32(38)34-16-7-17-36-18-20-40-21-19-36/h3-6,8-15,23,31,35H,7,16-21H2,1-2H3,(H,34,38). The van der Waals surface area contributed by atoms with Crippen molar-refractivity contribution in [1.82, 2.24) is 20.1 Å². The smallest absolute Gasteiger partial charge is 0.255 e. The monoisotopic (exact) mass is 536 g/mol. The molecular formula is C33H36N4O3. The predicted molar refractivity (Wildman–Crippen MR) is 157 cm³/mol. The van der Waals surface area contributed by atoms with E-state index in [0.29, 0.717) is 12.1 Å². The predicted octanol–water partition coefficient (Wildman–Crippen LogP) is 4.92. The molecule has 2 N–H and O–H groups in total. The number of para-hydroxylation sites is 1. The Morgan fingerprint density at radius 2 is 1.75 bits per heavy atom. The van der Waals surface area contributed by atoms with E-state index in [-0.39, 0.29) is 11.8 Å². The lowest BCUT2D eigenvalue weighted by atomic mass is 9.92. The Labute approximate surface area is 235 Å². The average molecular weight is 537 g/mol. The van der Waals surface area contributed by atoms with E-state index in [4.69, 9.17) is 4.74 Å². The Morgan fingerprint density at radius 3 is 2.55 bits per heavy atom. The molecule has 2 amide bonds. The summed E-state index contributed by atoms with van der Waals surface area (Å²) in [5.41, 5.74) is 6.81. The van der Waals surface area contributed by atoms with Crippen LogP contribution in [0.25, 0.3) is 22.2 Å². The van der Waals surface area contributed by atoms with E-state index in [1.165, 1.54) is 5.56 Å². The summed E-state index contributed by atoms with van der Waals surface area (Å²) in [6.45, 7) is 8.80. The first-order valence-corrected chi connectivity index (χ1v) is 14.2. The van der Waals surface area contributed by atoms with E-state index in [1.54, 1.807) is 4.90 Å². The number of nitrogens with one attached hydrogen (secondary N) is 2. The van der Waals surface area contributed by atoms with Gasteiger partial charge in [-0.1, -0.05) is 66.2 Å². The van der Waals surface area contributed by atoms with E-state index in [9.17, 15) is 9.59 Å². The van der Waals surface area contributed by atoms with Gasteiger partial charge in [0.15, 0.2) is 0 Å². The number of morpholine rings is 1. The van der Waals surface area contributed by atoms with E-state index in [0.717, 1.165) is 72.6 Å². The van der Waals surface area contributed by atoms with Crippen molar-refractivity contribution in [2.45, 2.75) is 32.4 Å². The molecule has 2 aliphatic rings. The maximum Gasteiger partial charge on any atom is 0.255 e. The number of nitrogens with zero attached hydrogens (tertiary/aromatic N) is 2. The van der Waals surface area contributed by atoms with E-state index >= 15 is 0 Å². The molecule has 7 heteroatoms. The molecule has 4 aromatic rings. The molecule has 206 valence electrons. The molecular weight excluding hydrogens is 500 g/mol. The first-order chi connectivity index (χ1) is 19.5. The van der Waals surface area contributed by atoms with Crippen LogP contribution in [0, 0.1) is 6.92 Å². The number of benzene rings is 3. The van der Waals surface area contributed by atoms with E-state index < -0.39 is 12.1 Å². The largest absolute Gasteiger partial charge is 0.379 e. The van der Waals surface area contributed by atoms with Gasteiger partial charge >= 0.3 is 0 Å². The van der Waals surface area contributed by atoms with Gasteiger partial charge in [-0.3, -0.25) is 14.5 Å². The molecule has 0 spiro atoms. The van der Waals surface area contributed by atoms with Gasteiger partial charge in [0.2, 0.25) is 5.91 Å². The fourth-order valence-corrected chi connectivity index (χ4v) is 6.04. The lowest BCUT2D eigenvalue weighted by molar-refractivity contribution is -0.125. The summed E-state index contributed by atoms with van der Waals surface area (Å²) < 4.78 is 5.43. The molecule has 0 radical (unpaired) electrons. The molecule has 0 aliphatic carbocycles. The first-order valence-electron chi connectivity index (χ1n) is 14.2. The molecule has 7 nitrogen and oxygen atoms in total. The minimum atomic E-state index is -0.646. The summed E-state index contributed by atoms with van der Waals surface area (Å²) in [4.78, 5) is 35.2. The van der Waals surface area contributed by atoms with Gasteiger partial charge in [0.1, 0.15) is 6.04 Å². The SMILES string of the molecule is Cc1ccc(-c2[nH]c3ccccc3c2C2c3ccccc3C(=O)N2C(C)C(=O)NCCCN2CCOCC2)cc1. The van der Waals surface area contributed by atoms with E-state index in [1.807, 2.05) is 43.3 Å². The first kappa shape index (κ1) is 26.3. The zero-order valence-corrected chi connectivity index (χ0v) is 23.2. The molecule has 2 unspecified atom stereocenters. The van der Waals surface area contributed by atoms with Gasteiger partial charge in [-0.15, -0.1) is 0 Å². The minimum Gasteiger partial charge on any atom is -0.379 e. The van der Waals surface area contributed by atoms with Crippen LogP contribution in [-0.4, -0.2) is 72.0 Å². The van der Waals surface area contributed by atoms with Crippen molar-refractivity contribution in [3.8, 4) is 11.3 Å². The lowest BCUT2D eigenvalue weighted by Crippen LogP contribution is -2.47. The van der Waals surface area contributed by atoms with Crippen molar-refractivity contribution in [1.29, 1.82) is 0 Å². The van der Waals surface area contributed by atoms with Crippen LogP contribution in [0.5, 0.6) is 0 Å². The maximum absolute atomic E-state index is 13.9. The quantitative estimate of drug-likeness (QED) is 0.314. The third kappa shape index (κ3) is 4.91. The topological polar surface area (TPSA) is 77.7 Å². The number of aromatic amines is 1. The van der Waals surface area contributed by atoms with Gasteiger partial charge < -0.3 is 19.9 Å². The molecule has 6 rings (SSSR count). The number of hydrogen-bond acceptors (Lipinski definition) is 4. The summed E-state index contributed by atoms with van der Waals surface area (Å²) >= 11 is 0. The van der Waals surface area contributed by atoms with Crippen LogP contribution in [0.1, 0.15) is 46.4 Å². The van der Waals surface area contributed by atoms with Crippen LogP contribution in [0.3, 0.4) is 0 Å². The van der Waals surface area contributed by atoms with Crippen LogP contribution in [0.2, 0.25) is 0 Å². The fourth-order valence-electron chi connectivity index (χ4n) is 6.04. The number of H-pyrrole nitrogens is 1. The second-order valence-corrected chi connectivity index (χ2v) is 10.8. The molecule has 1 saturated heterocycles. The zero-order valence-electron chi connectivity index (χ0n) is 23.2. The highest BCUT2D eigenvalue weighted by Crippen LogP contribution is 2.46. The van der Waals surface area contributed by atoms with Gasteiger partial charge in [-0.2, -0.15) is 0 Å². The summed E-state index contributed by atoms with van der Waals surface area (Å²) in [6.07, 6.45) is 0.857. The maximum atomic E-state index is 13.9. The van der Waals surface area contributed by atoms with Crippen molar-refractivity contribution in [3.63, 3.8) is 0 Å². The third-order valence-corrected chi connectivity index (χ3v) is 8.21. The number of carbonyl (C=O) groups excluding carboxylic acids is 2. The number of amides is 2. The number of aromatic nitrogens is 1. The minimum absolute atomic E-state index is 0.114. The molecule has 0 saturated carbocycles. The fraction of sp³-hybridized carbons (Fsp3) is 0.333. The van der Waals surface area contributed by atoms with E-state index in [2.05, 4.69) is 58.5 Å². The van der Waals surface area contributed by atoms with Crippen LogP contribution < -0.4 is 5.32 Å². The van der Waals surface area contributed by atoms with Crippen molar-refractivity contribution in [2.75, 3.05) is 39.4 Å². The van der Waals surface area contributed by atoms with Gasteiger partial charge in [-0.25, -0.2) is 0 Å². The summed E-state index contributed by atoms with van der Waals surface area (Å²) in [6, 6.07) is 23.3. The average Bonchev–Trinajstić information content (AvgIpc) is 3.50. The highest BCUT2D eigenvalue weighted by Gasteiger charge is 2.44. The van der Waals surface area contributed by atoms with Gasteiger partial charge in [-0.05, 0) is 50.1 Å². The van der Waals surface area contributed by atoms with Crippen LogP contribution in [-0.2, 0) is 9.53 Å². The molecule has 1 aromatic heterocycles. The molecule has 3 aromatic carbocycles. The Bertz CT molecular complexity index is 1520. The number of aryl methyl sites for hydroxylation is 1. The molecule has 3 heterocycles. The summed E-state index contributed by atoms with van der Waals surface area (Å²) in [7, 11) is 0. The molecule has 40 heavy (non-hydrogen) atoms. The normalized spacial score (nSPS) is 18.2. The molecule has 0 bridgehead atoms. The van der Waals surface area contributed by atoms with Gasteiger partial charge in [0.25, 0.3) is 5.91 Å². The highest BCUT2D eigenvalue weighted by atomic mass is 16.5. The van der Waals surface area contributed by atoms with Crippen molar-refractivity contribution < 1.29 is 14.3 Å². The second-order valence-electron chi connectivity index (χ2n) is 10.8. The van der Waals surface area contributed by atoms with Crippen LogP contribution >= 0.6 is 0 Å². The summed E-state index contributed by atoms with van der Waals surface area (Å²) in [5.74, 6) is -0.249. The number of fused-ring (bicyclic) bond motifs is 2. The van der Waals surface area contributed by atoms with Crippen molar-refractivity contribution in [3.05, 3.63) is 95.1 Å². The summed E-state index contributed by atoms with van der Waals surface area (Å²) in [5, 5.41) is 4.15. The lowest BCUT2D eigenvalue weighted by Gasteiger charge is -2.31. The Hall–Kier alpha value is -3.94. The highest BCUT2D eigenvalue weighted by molar-refractivity contribution is 6.04. The van der Waals surface area contributed by atoms with Crippen LogP contribution in [0.15, 0.2) is 72.8 Å². The Kier molecular flexibility index (Phi) is 7.41. The van der Waals surface area contributed by atoms with Crippen molar-refractivity contribution >= 4 is 22.7 Å². The Morgan fingerprint density at radius 1 is 1.02 bits per heavy atom. The molecule has 2 aliphatic heterocycles. The second kappa shape index (κ2) is 11.3.